The molecule has 1 fully saturated rings. The fourth-order valence-electron chi connectivity index (χ4n) is 5.14. The maximum absolute atomic E-state index is 8.83. The van der Waals surface area contributed by atoms with Crippen LogP contribution in [0.2, 0.25) is 0 Å². The van der Waals surface area contributed by atoms with E-state index in [-0.39, 0.29) is 0 Å². The third kappa shape index (κ3) is 3.33. The Labute approximate surface area is 175 Å². The highest BCUT2D eigenvalue weighted by molar-refractivity contribution is 5.97. The summed E-state index contributed by atoms with van der Waals surface area (Å²) in [5, 5.41) is 4.81. The molecule has 0 radical (unpaired) electrons. The second kappa shape index (κ2) is 7.30. The number of nitrogens with zero attached hydrogens (tertiary/aromatic N) is 1. The molecule has 5 rings (SSSR count). The summed E-state index contributed by atoms with van der Waals surface area (Å²) in [6, 6.07) is 20.7. The van der Waals surface area contributed by atoms with E-state index in [1.54, 1.807) is 0 Å². The highest BCUT2D eigenvalue weighted by atomic mass is 14.9. The summed E-state index contributed by atoms with van der Waals surface area (Å²) >= 11 is 0. The second-order valence-corrected chi connectivity index (χ2v) is 8.87. The van der Waals surface area contributed by atoms with Gasteiger partial charge in [-0.2, -0.15) is 4.57 Å². The van der Waals surface area contributed by atoms with Gasteiger partial charge in [-0.05, 0) is 58.7 Å². The van der Waals surface area contributed by atoms with Gasteiger partial charge < -0.3 is 0 Å². The molecule has 0 N–H and O–H groups in total. The standard InChI is InChI=1S/C28H30N/c1-19-14-23-10-6-7-11-24(23)18-27(19)28-26-13-12-22(16-21-8-4-5-9-21)17-25(26)15-20(2)29(28)3/h6-7,10-15,17-18,21H,4-5,8-9,16H2,1-3H3/q+1/i15D. The quantitative estimate of drug-likeness (QED) is 0.342. The van der Waals surface area contributed by atoms with Crippen molar-refractivity contribution in [1.82, 2.24) is 0 Å². The zero-order chi connectivity index (χ0) is 20.8. The number of aromatic nitrogens is 1. The van der Waals surface area contributed by atoms with Crippen LogP contribution < -0.4 is 4.57 Å². The van der Waals surface area contributed by atoms with E-state index in [4.69, 9.17) is 1.37 Å². The molecule has 1 nitrogen and oxygen atoms in total. The summed E-state index contributed by atoms with van der Waals surface area (Å²) in [6.45, 7) is 4.28. The van der Waals surface area contributed by atoms with Crippen LogP contribution in [0.25, 0.3) is 32.8 Å². The summed E-state index contributed by atoms with van der Waals surface area (Å²) in [4.78, 5) is 0. The minimum atomic E-state index is 0.656. The average Bonchev–Trinajstić information content (AvgIpc) is 3.26. The van der Waals surface area contributed by atoms with Crippen LogP contribution in [0.1, 0.15) is 43.9 Å². The number of aryl methyl sites for hydroxylation is 1. The van der Waals surface area contributed by atoms with Crippen LogP contribution in [-0.4, -0.2) is 0 Å². The van der Waals surface area contributed by atoms with Gasteiger partial charge >= 0.3 is 0 Å². The molecule has 1 heteroatoms. The minimum Gasteiger partial charge on any atom is -0.198 e. The second-order valence-electron chi connectivity index (χ2n) is 8.87. The van der Waals surface area contributed by atoms with E-state index in [0.717, 1.165) is 23.4 Å². The third-order valence-electron chi connectivity index (χ3n) is 6.84. The van der Waals surface area contributed by atoms with Gasteiger partial charge in [-0.1, -0.05) is 68.1 Å². The maximum Gasteiger partial charge on any atom is 0.220 e. The smallest absolute Gasteiger partial charge is 0.198 e. The Morgan fingerprint density at radius 1 is 0.931 bits per heavy atom. The van der Waals surface area contributed by atoms with Crippen LogP contribution in [0.15, 0.2) is 60.6 Å². The van der Waals surface area contributed by atoms with Crippen molar-refractivity contribution in [2.75, 3.05) is 0 Å². The molecule has 0 saturated heterocycles. The summed E-state index contributed by atoms with van der Waals surface area (Å²) < 4.78 is 11.0. The first-order valence-corrected chi connectivity index (χ1v) is 10.9. The molecule has 1 aliphatic rings. The highest BCUT2D eigenvalue weighted by Crippen LogP contribution is 2.33. The number of rotatable bonds is 3. The van der Waals surface area contributed by atoms with Crippen molar-refractivity contribution < 1.29 is 5.94 Å². The zero-order valence-corrected chi connectivity index (χ0v) is 17.8. The van der Waals surface area contributed by atoms with Gasteiger partial charge in [0.15, 0.2) is 5.69 Å². The lowest BCUT2D eigenvalue weighted by molar-refractivity contribution is -0.665. The van der Waals surface area contributed by atoms with Crippen molar-refractivity contribution in [3.05, 3.63) is 77.5 Å². The molecule has 4 aromatic rings. The molecule has 3 aromatic carbocycles. The molecule has 0 atom stereocenters. The highest BCUT2D eigenvalue weighted by Gasteiger charge is 2.21. The van der Waals surface area contributed by atoms with Gasteiger partial charge in [0.05, 0.1) is 12.3 Å². The lowest BCUT2D eigenvalue weighted by Crippen LogP contribution is -2.35. The van der Waals surface area contributed by atoms with Crippen molar-refractivity contribution in [2.45, 2.75) is 46.0 Å². The molecular formula is C28H30N+. The van der Waals surface area contributed by atoms with Gasteiger partial charge in [0.2, 0.25) is 5.69 Å². The molecule has 1 aliphatic carbocycles. The molecule has 0 spiro atoms. The van der Waals surface area contributed by atoms with Crippen molar-refractivity contribution in [3.8, 4) is 11.3 Å². The Morgan fingerprint density at radius 2 is 1.66 bits per heavy atom. The van der Waals surface area contributed by atoms with Crippen molar-refractivity contribution in [3.63, 3.8) is 0 Å². The van der Waals surface area contributed by atoms with Gasteiger partial charge in [0.1, 0.15) is 7.05 Å². The monoisotopic (exact) mass is 381 g/mol. The van der Waals surface area contributed by atoms with Crippen molar-refractivity contribution in [1.29, 1.82) is 0 Å². The molecule has 1 aromatic heterocycles. The largest absolute Gasteiger partial charge is 0.220 e. The third-order valence-corrected chi connectivity index (χ3v) is 6.84. The Balaban J connectivity index is 1.72. The molecule has 29 heavy (non-hydrogen) atoms. The minimum absolute atomic E-state index is 0.656. The normalized spacial score (nSPS) is 15.3. The molecule has 0 aliphatic heterocycles. The first kappa shape index (κ1) is 17.2. The number of benzene rings is 3. The van der Waals surface area contributed by atoms with Crippen molar-refractivity contribution in [2.24, 2.45) is 13.0 Å². The van der Waals surface area contributed by atoms with Crippen LogP contribution in [0.3, 0.4) is 0 Å². The number of hydrogen-bond donors (Lipinski definition) is 0. The van der Waals surface area contributed by atoms with Gasteiger partial charge in [0, 0.05) is 13.0 Å². The zero-order valence-electron chi connectivity index (χ0n) is 18.8. The Hall–Kier alpha value is -2.67. The molecule has 0 amide bonds. The summed E-state index contributed by atoms with van der Waals surface area (Å²) in [5.41, 5.74) is 6.15. The molecule has 0 unspecified atom stereocenters. The molecule has 1 saturated carbocycles. The first-order chi connectivity index (χ1) is 14.5. The average molecular weight is 382 g/mol. The lowest BCUT2D eigenvalue weighted by Gasteiger charge is -2.13. The van der Waals surface area contributed by atoms with E-state index >= 15 is 0 Å². The summed E-state index contributed by atoms with van der Waals surface area (Å²) in [5.74, 6) is 0.819. The van der Waals surface area contributed by atoms with E-state index in [2.05, 4.69) is 80.1 Å². The van der Waals surface area contributed by atoms with Crippen LogP contribution in [0, 0.1) is 19.8 Å². The van der Waals surface area contributed by atoms with E-state index < -0.39 is 0 Å². The Bertz CT molecular complexity index is 1270. The fourth-order valence-corrected chi connectivity index (χ4v) is 5.14. The van der Waals surface area contributed by atoms with E-state index in [0.29, 0.717) is 6.04 Å². The fraction of sp³-hybridized carbons (Fsp3) is 0.321. The Kier molecular flexibility index (Phi) is 4.33. The summed E-state index contributed by atoms with van der Waals surface area (Å²) in [6.07, 6.45) is 6.62. The van der Waals surface area contributed by atoms with Crippen molar-refractivity contribution >= 4 is 21.5 Å². The van der Waals surface area contributed by atoms with E-state index in [1.165, 1.54) is 64.2 Å². The predicted octanol–water partition coefficient (Wildman–Crippen LogP) is 6.83. The maximum atomic E-state index is 8.83. The molecule has 146 valence electrons. The topological polar surface area (TPSA) is 3.88 Å². The molecule has 0 bridgehead atoms. The number of fused-ring (bicyclic) bond motifs is 2. The van der Waals surface area contributed by atoms with Crippen LogP contribution in [-0.2, 0) is 13.5 Å². The van der Waals surface area contributed by atoms with Crippen LogP contribution in [0.4, 0.5) is 0 Å². The predicted molar refractivity (Wildman–Crippen MR) is 123 cm³/mol. The van der Waals surface area contributed by atoms with Gasteiger partial charge in [-0.25, -0.2) is 0 Å². The SMILES string of the molecule is [2H]c1c(C)[n+](C)c(-c2cc3ccccc3cc2C)c2ccc(CC3CCCC3)cc12. The molecular weight excluding hydrogens is 350 g/mol. The van der Waals surface area contributed by atoms with Crippen LogP contribution >= 0.6 is 0 Å². The lowest BCUT2D eigenvalue weighted by atomic mass is 9.93. The van der Waals surface area contributed by atoms with Crippen LogP contribution in [0.5, 0.6) is 0 Å². The number of hydrogen-bond acceptors (Lipinski definition) is 0. The number of pyridine rings is 1. The Morgan fingerprint density at radius 3 is 2.41 bits per heavy atom. The van der Waals surface area contributed by atoms with E-state index in [9.17, 15) is 0 Å². The molecule has 1 heterocycles. The van der Waals surface area contributed by atoms with Gasteiger partial charge in [0.25, 0.3) is 0 Å². The van der Waals surface area contributed by atoms with E-state index in [1.807, 2.05) is 0 Å². The first-order valence-electron chi connectivity index (χ1n) is 11.4. The van der Waals surface area contributed by atoms with Gasteiger partial charge in [-0.3, -0.25) is 0 Å². The summed E-state index contributed by atoms with van der Waals surface area (Å²) in [7, 11) is 2.10. The van der Waals surface area contributed by atoms with Gasteiger partial charge in [-0.15, -0.1) is 0 Å².